The number of ether oxygens (including phenoxy) is 1. The molecule has 33 heavy (non-hydrogen) atoms. The van der Waals surface area contributed by atoms with Crippen molar-refractivity contribution in [3.05, 3.63) is 90.2 Å². The molecule has 4 rings (SSSR count). The van der Waals surface area contributed by atoms with Gasteiger partial charge in [-0.2, -0.15) is 0 Å². The van der Waals surface area contributed by atoms with Gasteiger partial charge in [0.2, 0.25) is 5.91 Å². The van der Waals surface area contributed by atoms with Crippen LogP contribution in [-0.4, -0.2) is 35.9 Å². The first-order valence-electron chi connectivity index (χ1n) is 10.3. The third-order valence-electron chi connectivity index (χ3n) is 5.33. The van der Waals surface area contributed by atoms with Gasteiger partial charge >= 0.3 is 6.03 Å². The molecule has 1 N–H and O–H groups in total. The Morgan fingerprint density at radius 2 is 1.73 bits per heavy atom. The van der Waals surface area contributed by atoms with Gasteiger partial charge in [-0.25, -0.2) is 14.1 Å². The summed E-state index contributed by atoms with van der Waals surface area (Å²) in [7, 11) is 1.49. The second kappa shape index (κ2) is 9.52. The van der Waals surface area contributed by atoms with Crippen molar-refractivity contribution in [2.45, 2.75) is 19.0 Å². The monoisotopic (exact) mass is 447 g/mol. The lowest BCUT2D eigenvalue weighted by Crippen LogP contribution is -2.37. The lowest BCUT2D eigenvalue weighted by Gasteiger charge is -2.21. The van der Waals surface area contributed by atoms with Crippen LogP contribution in [0.4, 0.5) is 20.6 Å². The summed E-state index contributed by atoms with van der Waals surface area (Å²) in [6.07, 6.45) is -0.221. The minimum atomic E-state index is -1.02. The Labute approximate surface area is 190 Å². The lowest BCUT2D eigenvalue weighted by atomic mass is 10.1. The van der Waals surface area contributed by atoms with E-state index in [9.17, 15) is 18.8 Å². The summed E-state index contributed by atoms with van der Waals surface area (Å²) >= 11 is 0. The van der Waals surface area contributed by atoms with Gasteiger partial charge in [0, 0.05) is 18.3 Å². The first kappa shape index (κ1) is 22.0. The van der Waals surface area contributed by atoms with Crippen molar-refractivity contribution in [1.82, 2.24) is 4.90 Å². The van der Waals surface area contributed by atoms with Crippen LogP contribution < -0.4 is 15.0 Å². The Hall–Kier alpha value is -4.20. The maximum absolute atomic E-state index is 13.3. The van der Waals surface area contributed by atoms with Crippen LogP contribution in [0.5, 0.6) is 5.75 Å². The average molecular weight is 447 g/mol. The maximum atomic E-state index is 13.3. The fourth-order valence-corrected chi connectivity index (χ4v) is 3.70. The molecule has 1 atom stereocenters. The number of amides is 4. The smallest absolute Gasteiger partial charge is 0.332 e. The van der Waals surface area contributed by atoms with E-state index in [2.05, 4.69) is 5.32 Å². The number of halogens is 1. The Balaban J connectivity index is 1.62. The van der Waals surface area contributed by atoms with E-state index in [1.807, 2.05) is 6.07 Å². The first-order valence-corrected chi connectivity index (χ1v) is 10.3. The van der Waals surface area contributed by atoms with Crippen molar-refractivity contribution in [2.24, 2.45) is 0 Å². The Kier molecular flexibility index (Phi) is 6.35. The molecular formula is C25H22FN3O4. The highest BCUT2D eigenvalue weighted by molar-refractivity contribution is 6.22. The summed E-state index contributed by atoms with van der Waals surface area (Å²) in [4.78, 5) is 41.8. The maximum Gasteiger partial charge on any atom is 0.332 e. The predicted octanol–water partition coefficient (Wildman–Crippen LogP) is 4.20. The number of rotatable bonds is 7. The van der Waals surface area contributed by atoms with E-state index >= 15 is 0 Å². The Morgan fingerprint density at radius 1 is 1.00 bits per heavy atom. The molecule has 1 heterocycles. The number of carbonyl (C=O) groups excluding carboxylic acids is 3. The summed E-state index contributed by atoms with van der Waals surface area (Å²) < 4.78 is 18.6. The van der Waals surface area contributed by atoms with Gasteiger partial charge in [-0.1, -0.05) is 36.4 Å². The fourth-order valence-electron chi connectivity index (χ4n) is 3.70. The molecule has 1 fully saturated rings. The zero-order valence-electron chi connectivity index (χ0n) is 17.9. The van der Waals surface area contributed by atoms with Gasteiger partial charge in [-0.3, -0.25) is 9.59 Å². The predicted molar refractivity (Wildman–Crippen MR) is 121 cm³/mol. The number of hydrogen-bond acceptors (Lipinski definition) is 4. The zero-order chi connectivity index (χ0) is 23.4. The normalized spacial score (nSPS) is 15.6. The van der Waals surface area contributed by atoms with Gasteiger partial charge in [0.05, 0.1) is 19.2 Å². The van der Waals surface area contributed by atoms with E-state index in [0.29, 0.717) is 22.7 Å². The van der Waals surface area contributed by atoms with Crippen LogP contribution >= 0.6 is 0 Å². The fraction of sp³-hybridized carbons (Fsp3) is 0.160. The molecule has 168 valence electrons. The van der Waals surface area contributed by atoms with Crippen LogP contribution in [-0.2, 0) is 16.1 Å². The molecule has 4 amide bonds. The number of imide groups is 1. The van der Waals surface area contributed by atoms with E-state index in [0.717, 1.165) is 4.90 Å². The van der Waals surface area contributed by atoms with E-state index in [-0.39, 0.29) is 13.0 Å². The Bertz CT molecular complexity index is 1170. The van der Waals surface area contributed by atoms with Crippen molar-refractivity contribution < 1.29 is 23.5 Å². The van der Waals surface area contributed by atoms with Crippen LogP contribution in [0.3, 0.4) is 0 Å². The molecular weight excluding hydrogens is 425 g/mol. The molecule has 1 aliphatic heterocycles. The van der Waals surface area contributed by atoms with Gasteiger partial charge < -0.3 is 15.0 Å². The van der Waals surface area contributed by atoms with E-state index < -0.39 is 29.7 Å². The number of methoxy groups -OCH3 is 1. The molecule has 1 saturated heterocycles. The molecule has 1 unspecified atom stereocenters. The SMILES string of the molecule is COc1cccc(N2C(=O)C(CC(=O)Nc3ccccc3)N(Cc3ccc(F)cc3)C2=O)c1. The molecule has 0 bridgehead atoms. The number of urea groups is 1. The van der Waals surface area contributed by atoms with Crippen molar-refractivity contribution in [3.8, 4) is 5.75 Å². The molecule has 3 aromatic rings. The number of anilines is 2. The minimum absolute atomic E-state index is 0.0502. The number of nitrogens with zero attached hydrogens (tertiary/aromatic N) is 2. The van der Waals surface area contributed by atoms with E-state index in [1.54, 1.807) is 60.7 Å². The highest BCUT2D eigenvalue weighted by Crippen LogP contribution is 2.30. The summed E-state index contributed by atoms with van der Waals surface area (Å²) in [5.41, 5.74) is 1.58. The molecule has 0 aromatic heterocycles. The minimum Gasteiger partial charge on any atom is -0.497 e. The molecule has 8 heteroatoms. The second-order valence-electron chi connectivity index (χ2n) is 7.55. The van der Waals surface area contributed by atoms with Crippen LogP contribution in [0.25, 0.3) is 0 Å². The average Bonchev–Trinajstić information content (AvgIpc) is 3.05. The van der Waals surface area contributed by atoms with E-state index in [1.165, 1.54) is 24.1 Å². The Morgan fingerprint density at radius 3 is 2.42 bits per heavy atom. The third kappa shape index (κ3) is 4.85. The zero-order valence-corrected chi connectivity index (χ0v) is 17.9. The van der Waals surface area contributed by atoms with Crippen LogP contribution in [0.2, 0.25) is 0 Å². The van der Waals surface area contributed by atoms with Gasteiger partial charge in [0.15, 0.2) is 0 Å². The number of hydrogen-bond donors (Lipinski definition) is 1. The first-order chi connectivity index (χ1) is 16.0. The molecule has 0 saturated carbocycles. The third-order valence-corrected chi connectivity index (χ3v) is 5.33. The summed E-state index contributed by atoms with van der Waals surface area (Å²) in [6, 6.07) is 19.5. The van der Waals surface area contributed by atoms with Gasteiger partial charge in [-0.05, 0) is 42.0 Å². The number of carbonyl (C=O) groups is 3. The highest BCUT2D eigenvalue weighted by Gasteiger charge is 2.46. The van der Waals surface area contributed by atoms with Crippen LogP contribution in [0, 0.1) is 5.82 Å². The highest BCUT2D eigenvalue weighted by atomic mass is 19.1. The summed E-state index contributed by atoms with van der Waals surface area (Å²) in [5.74, 6) is -0.828. The molecule has 1 aliphatic rings. The topological polar surface area (TPSA) is 79.0 Å². The summed E-state index contributed by atoms with van der Waals surface area (Å²) in [5, 5.41) is 2.75. The summed E-state index contributed by atoms with van der Waals surface area (Å²) in [6.45, 7) is 0.0502. The second-order valence-corrected chi connectivity index (χ2v) is 7.55. The number of benzene rings is 3. The van der Waals surface area contributed by atoms with Crippen LogP contribution in [0.1, 0.15) is 12.0 Å². The number of para-hydroxylation sites is 1. The number of nitrogens with one attached hydrogen (secondary N) is 1. The lowest BCUT2D eigenvalue weighted by molar-refractivity contribution is -0.124. The molecule has 7 nitrogen and oxygen atoms in total. The molecule has 0 aliphatic carbocycles. The van der Waals surface area contributed by atoms with Gasteiger partial charge in [0.1, 0.15) is 17.6 Å². The molecule has 0 spiro atoms. The standard InChI is InChI=1S/C25H22FN3O4/c1-33-21-9-5-8-20(14-21)29-24(31)22(15-23(30)27-19-6-3-2-4-7-19)28(25(29)32)16-17-10-12-18(26)13-11-17/h2-14,22H,15-16H2,1H3,(H,27,30). The van der Waals surface area contributed by atoms with E-state index in [4.69, 9.17) is 4.74 Å². The van der Waals surface area contributed by atoms with Crippen molar-refractivity contribution in [2.75, 3.05) is 17.3 Å². The van der Waals surface area contributed by atoms with Crippen molar-refractivity contribution in [1.29, 1.82) is 0 Å². The largest absolute Gasteiger partial charge is 0.497 e. The van der Waals surface area contributed by atoms with Gasteiger partial charge in [-0.15, -0.1) is 0 Å². The van der Waals surface area contributed by atoms with Crippen LogP contribution in [0.15, 0.2) is 78.9 Å². The quantitative estimate of drug-likeness (QED) is 0.551. The van der Waals surface area contributed by atoms with Crippen molar-refractivity contribution >= 4 is 29.2 Å². The molecule has 3 aromatic carbocycles. The molecule has 0 radical (unpaired) electrons. The van der Waals surface area contributed by atoms with Gasteiger partial charge in [0.25, 0.3) is 5.91 Å². The van der Waals surface area contributed by atoms with Crippen molar-refractivity contribution in [3.63, 3.8) is 0 Å².